The van der Waals surface area contributed by atoms with Gasteiger partial charge in [-0.1, -0.05) is 49.4 Å². The number of aromatic nitrogens is 2. The van der Waals surface area contributed by atoms with Gasteiger partial charge >= 0.3 is 0 Å². The minimum Gasteiger partial charge on any atom is -0.399 e. The zero-order valence-electron chi connectivity index (χ0n) is 18.5. The summed E-state index contributed by atoms with van der Waals surface area (Å²) in [5, 5.41) is 3.05. The molecule has 2 aromatic carbocycles. The van der Waals surface area contributed by atoms with Crippen LogP contribution in [0, 0.1) is 0 Å². The molecule has 1 aliphatic carbocycles. The molecular weight excluding hydrogens is 416 g/mol. The molecule has 0 fully saturated rings. The van der Waals surface area contributed by atoms with Gasteiger partial charge in [-0.25, -0.2) is 9.97 Å². The Morgan fingerprint density at radius 1 is 1.16 bits per heavy atom. The lowest BCUT2D eigenvalue weighted by Gasteiger charge is -2.21. The van der Waals surface area contributed by atoms with Gasteiger partial charge in [0.25, 0.3) is 0 Å². The quantitative estimate of drug-likeness (QED) is 0.470. The molecule has 3 N–H and O–H groups in total. The van der Waals surface area contributed by atoms with Crippen LogP contribution in [0.15, 0.2) is 54.6 Å². The molecule has 0 saturated carbocycles. The van der Waals surface area contributed by atoms with Crippen LogP contribution in [0.5, 0.6) is 0 Å². The number of carbonyl (C=O) groups excluding carboxylic acids is 1. The maximum atomic E-state index is 12.8. The molecule has 4 rings (SSSR count). The number of rotatable bonds is 7. The van der Waals surface area contributed by atoms with Crippen molar-refractivity contribution in [2.24, 2.45) is 0 Å². The highest BCUT2D eigenvalue weighted by Gasteiger charge is 2.23. The van der Waals surface area contributed by atoms with Crippen molar-refractivity contribution in [2.75, 3.05) is 17.3 Å². The number of nitrogens with zero attached hydrogens (tertiary/aromatic N) is 2. The van der Waals surface area contributed by atoms with E-state index in [9.17, 15) is 4.79 Å². The molecule has 32 heavy (non-hydrogen) atoms. The van der Waals surface area contributed by atoms with Crippen molar-refractivity contribution < 1.29 is 4.79 Å². The zero-order chi connectivity index (χ0) is 22.5. The van der Waals surface area contributed by atoms with Crippen molar-refractivity contribution in [3.05, 3.63) is 77.1 Å². The van der Waals surface area contributed by atoms with E-state index < -0.39 is 0 Å². The van der Waals surface area contributed by atoms with E-state index in [1.807, 2.05) is 54.8 Å². The summed E-state index contributed by atoms with van der Waals surface area (Å²) < 4.78 is 0. The number of hydrogen-bond acceptors (Lipinski definition) is 5. The van der Waals surface area contributed by atoms with Crippen LogP contribution in [0.1, 0.15) is 42.3 Å². The van der Waals surface area contributed by atoms with Crippen LogP contribution in [0.2, 0.25) is 0 Å². The Morgan fingerprint density at radius 2 is 1.97 bits per heavy atom. The van der Waals surface area contributed by atoms with Gasteiger partial charge in [-0.15, -0.1) is 11.8 Å². The number of nitrogens with two attached hydrogens (primary N) is 1. The summed E-state index contributed by atoms with van der Waals surface area (Å²) in [6.45, 7) is 2.10. The normalized spacial score (nSPS) is 12.8. The molecule has 0 atom stereocenters. The molecule has 0 saturated heterocycles. The van der Waals surface area contributed by atoms with Crippen LogP contribution >= 0.6 is 11.8 Å². The SMILES string of the molecule is CC/C=C(\SC)c1nc2c(nc1NC(=O)CCc1ccccc1)CCc1cc(N)ccc1-2. The third kappa shape index (κ3) is 4.86. The first-order chi connectivity index (χ1) is 15.6. The maximum absolute atomic E-state index is 12.8. The average Bonchev–Trinajstić information content (AvgIpc) is 2.81. The molecule has 1 amide bonds. The van der Waals surface area contributed by atoms with Crippen LogP contribution in [0.4, 0.5) is 11.5 Å². The van der Waals surface area contributed by atoms with Crippen molar-refractivity contribution in [2.45, 2.75) is 39.0 Å². The number of hydrogen-bond donors (Lipinski definition) is 2. The minimum atomic E-state index is -0.0507. The van der Waals surface area contributed by atoms with E-state index in [4.69, 9.17) is 15.7 Å². The molecule has 0 radical (unpaired) electrons. The largest absolute Gasteiger partial charge is 0.399 e. The number of carbonyl (C=O) groups is 1. The van der Waals surface area contributed by atoms with Gasteiger partial charge in [0.2, 0.25) is 5.91 Å². The highest BCUT2D eigenvalue weighted by Crippen LogP contribution is 2.37. The Bertz CT molecular complexity index is 1160. The van der Waals surface area contributed by atoms with Gasteiger partial charge in [0.1, 0.15) is 5.69 Å². The number of benzene rings is 2. The second-order valence-electron chi connectivity index (χ2n) is 7.85. The van der Waals surface area contributed by atoms with Crippen LogP contribution < -0.4 is 11.1 Å². The van der Waals surface area contributed by atoms with E-state index in [2.05, 4.69) is 18.3 Å². The Labute approximate surface area is 193 Å². The summed E-state index contributed by atoms with van der Waals surface area (Å²) in [6, 6.07) is 16.0. The summed E-state index contributed by atoms with van der Waals surface area (Å²) >= 11 is 1.62. The standard InChI is InChI=1S/C26H28N4OS/c1-3-7-22(32-2)25-26(29-23(31)15-10-17-8-5-4-6-9-17)28-21-14-11-18-16-19(27)12-13-20(18)24(21)30-25/h4-9,12-13,16H,3,10-11,14-15,27H2,1-2H3,(H,28,29,31)/b22-7-. The predicted octanol–water partition coefficient (Wildman–Crippen LogP) is 5.51. The molecule has 164 valence electrons. The second kappa shape index (κ2) is 10.0. The molecule has 1 heterocycles. The molecule has 0 aliphatic heterocycles. The van der Waals surface area contributed by atoms with Crippen molar-refractivity contribution in [1.29, 1.82) is 0 Å². The third-order valence-corrected chi connectivity index (χ3v) is 6.37. The number of aryl methyl sites for hydroxylation is 3. The van der Waals surface area contributed by atoms with Gasteiger partial charge in [-0.3, -0.25) is 4.79 Å². The van der Waals surface area contributed by atoms with E-state index in [1.165, 1.54) is 5.56 Å². The number of allylic oxidation sites excluding steroid dienone is 1. The summed E-state index contributed by atoms with van der Waals surface area (Å²) in [7, 11) is 0. The Hall–Kier alpha value is -3.12. The topological polar surface area (TPSA) is 80.9 Å². The fourth-order valence-corrected chi connectivity index (χ4v) is 4.65. The summed E-state index contributed by atoms with van der Waals surface area (Å²) in [6.07, 6.45) is 7.77. The molecule has 5 nitrogen and oxygen atoms in total. The fourth-order valence-electron chi connectivity index (χ4n) is 3.98. The molecule has 0 spiro atoms. The lowest BCUT2D eigenvalue weighted by molar-refractivity contribution is -0.116. The van der Waals surface area contributed by atoms with Crippen molar-refractivity contribution >= 4 is 34.1 Å². The number of amides is 1. The number of nitrogens with one attached hydrogen (secondary N) is 1. The molecule has 6 heteroatoms. The highest BCUT2D eigenvalue weighted by molar-refractivity contribution is 8.07. The van der Waals surface area contributed by atoms with Crippen LogP contribution in [-0.2, 0) is 24.1 Å². The van der Waals surface area contributed by atoms with Crippen molar-refractivity contribution in [3.63, 3.8) is 0 Å². The van der Waals surface area contributed by atoms with Crippen LogP contribution in [0.3, 0.4) is 0 Å². The molecule has 1 aromatic heterocycles. The third-order valence-electron chi connectivity index (χ3n) is 5.57. The van der Waals surface area contributed by atoms with Crippen LogP contribution in [0.25, 0.3) is 16.2 Å². The lowest BCUT2D eigenvalue weighted by atomic mass is 9.91. The molecule has 3 aromatic rings. The number of nitrogen functional groups attached to an aromatic ring is 1. The lowest BCUT2D eigenvalue weighted by Crippen LogP contribution is -2.18. The summed E-state index contributed by atoms with van der Waals surface area (Å²) in [5.74, 6) is 0.500. The molecular formula is C26H28N4OS. The number of thioether (sulfide) groups is 1. The number of fused-ring (bicyclic) bond motifs is 3. The Morgan fingerprint density at radius 3 is 2.72 bits per heavy atom. The fraction of sp³-hybridized carbons (Fsp3) is 0.269. The second-order valence-corrected chi connectivity index (χ2v) is 8.70. The molecule has 0 unspecified atom stereocenters. The Balaban J connectivity index is 1.68. The highest BCUT2D eigenvalue weighted by atomic mass is 32.2. The van der Waals surface area contributed by atoms with Crippen molar-refractivity contribution in [3.8, 4) is 11.3 Å². The van der Waals surface area contributed by atoms with Gasteiger partial charge in [-0.05, 0) is 55.2 Å². The van der Waals surface area contributed by atoms with Gasteiger partial charge < -0.3 is 11.1 Å². The van der Waals surface area contributed by atoms with E-state index >= 15 is 0 Å². The van der Waals surface area contributed by atoms with E-state index in [-0.39, 0.29) is 5.91 Å². The van der Waals surface area contributed by atoms with E-state index in [0.717, 1.165) is 58.1 Å². The zero-order valence-corrected chi connectivity index (χ0v) is 19.3. The Kier molecular flexibility index (Phi) is 6.90. The minimum absolute atomic E-state index is 0.0507. The van der Waals surface area contributed by atoms with E-state index in [1.54, 1.807) is 11.8 Å². The smallest absolute Gasteiger partial charge is 0.225 e. The average molecular weight is 445 g/mol. The first kappa shape index (κ1) is 22.1. The summed E-state index contributed by atoms with van der Waals surface area (Å²) in [5.41, 5.74) is 12.7. The van der Waals surface area contributed by atoms with Gasteiger partial charge in [0, 0.05) is 22.6 Å². The first-order valence-electron chi connectivity index (χ1n) is 11.0. The van der Waals surface area contributed by atoms with Gasteiger partial charge in [0.05, 0.1) is 11.4 Å². The monoisotopic (exact) mass is 444 g/mol. The van der Waals surface area contributed by atoms with Gasteiger partial charge in [-0.2, -0.15) is 0 Å². The molecule has 0 bridgehead atoms. The summed E-state index contributed by atoms with van der Waals surface area (Å²) in [4.78, 5) is 23.7. The van der Waals surface area contributed by atoms with Crippen molar-refractivity contribution in [1.82, 2.24) is 9.97 Å². The first-order valence-corrected chi connectivity index (χ1v) is 12.2. The number of anilines is 2. The molecule has 1 aliphatic rings. The van der Waals surface area contributed by atoms with Gasteiger partial charge in [0.15, 0.2) is 5.82 Å². The van der Waals surface area contributed by atoms with Crippen LogP contribution in [-0.4, -0.2) is 22.1 Å². The predicted molar refractivity (Wildman–Crippen MR) is 134 cm³/mol. The van der Waals surface area contributed by atoms with E-state index in [0.29, 0.717) is 18.7 Å². The maximum Gasteiger partial charge on any atom is 0.225 e.